The van der Waals surface area contributed by atoms with Gasteiger partial charge in [0.1, 0.15) is 5.41 Å². The van der Waals surface area contributed by atoms with Crippen LogP contribution in [0, 0.1) is 11.3 Å². The van der Waals surface area contributed by atoms with Crippen LogP contribution in [-0.4, -0.2) is 35.1 Å². The van der Waals surface area contributed by atoms with Crippen molar-refractivity contribution in [2.24, 2.45) is 11.3 Å². The SMILES string of the molecule is COC(=S)SCCC1(CCC(C)C)C(=O)NC(=O)NC1=O. The first-order valence-electron chi connectivity index (χ1n) is 6.69. The first-order chi connectivity index (χ1) is 9.81. The predicted molar refractivity (Wildman–Crippen MR) is 84.9 cm³/mol. The van der Waals surface area contributed by atoms with Gasteiger partial charge < -0.3 is 4.74 Å². The maximum Gasteiger partial charge on any atom is 0.328 e. The molecular weight excluding hydrogens is 312 g/mol. The van der Waals surface area contributed by atoms with E-state index in [1.54, 1.807) is 0 Å². The lowest BCUT2D eigenvalue weighted by Gasteiger charge is -2.34. The number of carbonyl (C=O) groups is 3. The molecule has 1 heterocycles. The van der Waals surface area contributed by atoms with Gasteiger partial charge in [-0.25, -0.2) is 4.79 Å². The number of rotatable bonds is 6. The Labute approximate surface area is 133 Å². The van der Waals surface area contributed by atoms with E-state index in [1.165, 1.54) is 18.9 Å². The fourth-order valence-electron chi connectivity index (χ4n) is 2.06. The Morgan fingerprint density at radius 3 is 2.29 bits per heavy atom. The van der Waals surface area contributed by atoms with E-state index in [4.69, 9.17) is 17.0 Å². The molecule has 0 aromatic carbocycles. The lowest BCUT2D eigenvalue weighted by molar-refractivity contribution is -0.145. The summed E-state index contributed by atoms with van der Waals surface area (Å²) < 4.78 is 5.24. The number of hydrogen-bond acceptors (Lipinski definition) is 6. The molecule has 118 valence electrons. The molecule has 0 saturated carbocycles. The molecule has 1 aliphatic heterocycles. The first-order valence-corrected chi connectivity index (χ1v) is 8.09. The van der Waals surface area contributed by atoms with Crippen molar-refractivity contribution in [2.45, 2.75) is 33.1 Å². The smallest absolute Gasteiger partial charge is 0.328 e. The number of methoxy groups -OCH3 is 1. The summed E-state index contributed by atoms with van der Waals surface area (Å²) in [5, 5.41) is 4.39. The van der Waals surface area contributed by atoms with Gasteiger partial charge in [-0.1, -0.05) is 25.6 Å². The molecule has 0 aromatic heterocycles. The summed E-state index contributed by atoms with van der Waals surface area (Å²) in [6.45, 7) is 4.04. The molecule has 2 N–H and O–H groups in total. The monoisotopic (exact) mass is 332 g/mol. The van der Waals surface area contributed by atoms with Crippen LogP contribution < -0.4 is 10.6 Å². The molecule has 1 saturated heterocycles. The quantitative estimate of drug-likeness (QED) is 0.570. The van der Waals surface area contributed by atoms with Gasteiger partial charge in [-0.2, -0.15) is 0 Å². The Morgan fingerprint density at radius 1 is 1.24 bits per heavy atom. The van der Waals surface area contributed by atoms with E-state index < -0.39 is 23.3 Å². The van der Waals surface area contributed by atoms with Gasteiger partial charge in [0, 0.05) is 5.75 Å². The fourth-order valence-corrected chi connectivity index (χ4v) is 3.05. The zero-order valence-corrected chi connectivity index (χ0v) is 14.0. The van der Waals surface area contributed by atoms with Crippen LogP contribution in [0.5, 0.6) is 0 Å². The second kappa shape index (κ2) is 7.74. The van der Waals surface area contributed by atoms with E-state index in [9.17, 15) is 14.4 Å². The number of hydrogen-bond donors (Lipinski definition) is 2. The van der Waals surface area contributed by atoms with Gasteiger partial charge in [-0.3, -0.25) is 20.2 Å². The molecule has 0 spiro atoms. The standard InChI is InChI=1S/C13H20N2O4S2/c1-8(2)4-5-13(6-7-21-12(20)19-3)9(16)14-11(18)15-10(13)17/h8H,4-7H2,1-3H3,(H2,14,15,16,17,18). The maximum atomic E-state index is 12.2. The third-order valence-electron chi connectivity index (χ3n) is 3.39. The molecule has 21 heavy (non-hydrogen) atoms. The van der Waals surface area contributed by atoms with E-state index in [2.05, 4.69) is 10.6 Å². The molecule has 1 rings (SSSR count). The molecule has 0 unspecified atom stereocenters. The van der Waals surface area contributed by atoms with Gasteiger partial charge in [0.2, 0.25) is 16.2 Å². The lowest BCUT2D eigenvalue weighted by Crippen LogP contribution is -2.62. The van der Waals surface area contributed by atoms with Crippen LogP contribution in [0.25, 0.3) is 0 Å². The van der Waals surface area contributed by atoms with Crippen molar-refractivity contribution in [3.8, 4) is 0 Å². The van der Waals surface area contributed by atoms with Crippen molar-refractivity contribution < 1.29 is 19.1 Å². The van der Waals surface area contributed by atoms with Crippen LogP contribution in [-0.2, 0) is 14.3 Å². The van der Waals surface area contributed by atoms with Crippen LogP contribution in [0.1, 0.15) is 33.1 Å². The summed E-state index contributed by atoms with van der Waals surface area (Å²) in [6, 6.07) is -0.759. The van der Waals surface area contributed by atoms with Gasteiger partial charge in [-0.05, 0) is 37.4 Å². The average Bonchev–Trinajstić information content (AvgIpc) is 2.40. The second-order valence-corrected chi connectivity index (χ2v) is 7.00. The third kappa shape index (κ3) is 4.67. The number of thiocarbonyl (C=S) groups is 1. The summed E-state index contributed by atoms with van der Waals surface area (Å²) in [4.78, 5) is 35.7. The van der Waals surface area contributed by atoms with Crippen LogP contribution in [0.3, 0.4) is 0 Å². The minimum Gasteiger partial charge on any atom is -0.482 e. The van der Waals surface area contributed by atoms with Crippen LogP contribution in [0.2, 0.25) is 0 Å². The number of urea groups is 1. The predicted octanol–water partition coefficient (Wildman–Crippen LogP) is 1.83. The van der Waals surface area contributed by atoms with Crippen LogP contribution >= 0.6 is 24.0 Å². The second-order valence-electron chi connectivity index (χ2n) is 5.30. The molecule has 0 radical (unpaired) electrons. The Balaban J connectivity index is 2.83. The number of carbonyl (C=O) groups excluding carboxylic acids is 3. The molecule has 0 atom stereocenters. The number of nitrogens with one attached hydrogen (secondary N) is 2. The van der Waals surface area contributed by atoms with Gasteiger partial charge >= 0.3 is 6.03 Å². The van der Waals surface area contributed by atoms with Gasteiger partial charge in [-0.15, -0.1) is 0 Å². The number of imide groups is 2. The molecule has 1 fully saturated rings. The van der Waals surface area contributed by atoms with E-state index in [0.717, 1.165) is 0 Å². The normalized spacial score (nSPS) is 17.4. The van der Waals surface area contributed by atoms with Crippen molar-refractivity contribution in [2.75, 3.05) is 12.9 Å². The van der Waals surface area contributed by atoms with Gasteiger partial charge in [0.25, 0.3) is 0 Å². The van der Waals surface area contributed by atoms with E-state index in [-0.39, 0.29) is 0 Å². The number of barbiturate groups is 1. The molecule has 0 aliphatic carbocycles. The van der Waals surface area contributed by atoms with Crippen LogP contribution in [0.4, 0.5) is 4.79 Å². The average molecular weight is 332 g/mol. The van der Waals surface area contributed by atoms with Crippen molar-refractivity contribution in [1.82, 2.24) is 10.6 Å². The molecule has 1 aliphatic rings. The maximum absolute atomic E-state index is 12.2. The van der Waals surface area contributed by atoms with Crippen LogP contribution in [0.15, 0.2) is 0 Å². The molecular formula is C13H20N2O4S2. The minimum absolute atomic E-state index is 0.304. The highest BCUT2D eigenvalue weighted by atomic mass is 32.2. The molecule has 0 bridgehead atoms. The number of amides is 4. The Bertz CT molecular complexity index is 431. The zero-order chi connectivity index (χ0) is 16.0. The molecule has 4 amide bonds. The van der Waals surface area contributed by atoms with E-state index >= 15 is 0 Å². The highest BCUT2D eigenvalue weighted by molar-refractivity contribution is 8.22. The fraction of sp³-hybridized carbons (Fsp3) is 0.692. The van der Waals surface area contributed by atoms with E-state index in [1.807, 2.05) is 13.8 Å². The van der Waals surface area contributed by atoms with E-state index in [0.29, 0.717) is 35.3 Å². The van der Waals surface area contributed by atoms with Crippen molar-refractivity contribution in [1.29, 1.82) is 0 Å². The largest absolute Gasteiger partial charge is 0.482 e. The first kappa shape index (κ1) is 17.9. The van der Waals surface area contributed by atoms with Crippen molar-refractivity contribution in [3.63, 3.8) is 0 Å². The molecule has 0 aromatic rings. The minimum atomic E-state index is -1.21. The third-order valence-corrected chi connectivity index (χ3v) is 4.72. The highest BCUT2D eigenvalue weighted by Gasteiger charge is 2.49. The summed E-state index contributed by atoms with van der Waals surface area (Å²) in [5.41, 5.74) is -1.21. The zero-order valence-electron chi connectivity index (χ0n) is 12.4. The summed E-state index contributed by atoms with van der Waals surface area (Å²) >= 11 is 6.20. The highest BCUT2D eigenvalue weighted by Crippen LogP contribution is 2.34. The van der Waals surface area contributed by atoms with Gasteiger partial charge in [0.05, 0.1) is 7.11 Å². The summed E-state index contributed by atoms with van der Waals surface area (Å²) in [5.74, 6) is -0.228. The number of ether oxygens (including phenoxy) is 1. The summed E-state index contributed by atoms with van der Waals surface area (Å²) in [7, 11) is 1.47. The Hall–Kier alpha value is -1.15. The molecule has 8 heteroatoms. The molecule has 6 nitrogen and oxygen atoms in total. The van der Waals surface area contributed by atoms with Crippen molar-refractivity contribution in [3.05, 3.63) is 0 Å². The lowest BCUT2D eigenvalue weighted by atomic mass is 9.76. The summed E-state index contributed by atoms with van der Waals surface area (Å²) in [6.07, 6.45) is 1.42. The number of thioether (sulfide) groups is 1. The topological polar surface area (TPSA) is 84.5 Å². The van der Waals surface area contributed by atoms with Gasteiger partial charge in [0.15, 0.2) is 0 Å². The van der Waals surface area contributed by atoms with Crippen molar-refractivity contribution >= 4 is 46.2 Å². The Kier molecular flexibility index (Phi) is 6.60. The Morgan fingerprint density at radius 2 is 1.81 bits per heavy atom.